The molecule has 2 spiro atoms. The summed E-state index contributed by atoms with van der Waals surface area (Å²) in [6, 6.07) is 27.7. The molecular formula is C47H57NO6. The Morgan fingerprint density at radius 3 is 2.20 bits per heavy atom. The van der Waals surface area contributed by atoms with Gasteiger partial charge in [-0.1, -0.05) is 92.7 Å². The summed E-state index contributed by atoms with van der Waals surface area (Å²) in [5, 5.41) is 35.5. The Kier molecular flexibility index (Phi) is 9.80. The first-order valence-electron chi connectivity index (χ1n) is 20.0. The fraction of sp³-hybridized carbons (Fsp3) is 0.511. The molecule has 0 amide bonds. The number of Topliss-reactive ketones (excluding diaryl/α,β-unsaturated/α-hetero) is 1. The molecule has 3 saturated carbocycles. The van der Waals surface area contributed by atoms with Gasteiger partial charge in [-0.3, -0.25) is 9.69 Å². The van der Waals surface area contributed by atoms with Crippen molar-refractivity contribution in [2.45, 2.75) is 89.8 Å². The number of carbonyl (C=O) groups excluding carboxylic acids is 1. The van der Waals surface area contributed by atoms with E-state index in [4.69, 9.17) is 9.47 Å². The number of methoxy groups -OCH3 is 1. The molecule has 6 aliphatic rings. The van der Waals surface area contributed by atoms with Crippen LogP contribution in [0.4, 0.5) is 0 Å². The molecule has 3 N–H and O–H groups in total. The molecule has 7 heteroatoms. The molecule has 6 aliphatic carbocycles. The Morgan fingerprint density at radius 2 is 1.50 bits per heavy atom. The highest BCUT2D eigenvalue weighted by atomic mass is 16.5. The van der Waals surface area contributed by atoms with Gasteiger partial charge in [-0.2, -0.15) is 0 Å². The Balaban J connectivity index is 1.11. The number of rotatable bonds is 13. The van der Waals surface area contributed by atoms with Crippen LogP contribution >= 0.6 is 0 Å². The van der Waals surface area contributed by atoms with Gasteiger partial charge in [0.1, 0.15) is 5.75 Å². The van der Waals surface area contributed by atoms with E-state index < -0.39 is 28.6 Å². The van der Waals surface area contributed by atoms with Crippen molar-refractivity contribution in [3.05, 3.63) is 125 Å². The monoisotopic (exact) mass is 731 g/mol. The fourth-order valence-corrected chi connectivity index (χ4v) is 12.1. The Hall–Kier alpha value is -3.59. The van der Waals surface area contributed by atoms with E-state index in [1.54, 1.807) is 7.11 Å². The summed E-state index contributed by atoms with van der Waals surface area (Å²) < 4.78 is 11.4. The second-order valence-corrected chi connectivity index (χ2v) is 17.7. The van der Waals surface area contributed by atoms with Crippen molar-refractivity contribution in [3.63, 3.8) is 0 Å². The van der Waals surface area contributed by atoms with E-state index in [0.717, 1.165) is 48.8 Å². The standard InChI is InChI=1S/C47H57NO6/c1-43-21-18-36(49)26-45(43)24-25-47(39(27-45)42(51)35-14-16-38(53-3)17-15-35)40(43)19-22-44(2)41(47)20-23-46(44,52)32-48(28-33-10-6-4-7-11-33)29-37(50)31-54-30-34-12-8-5-9-13-34/h4-17,24-25,27,36-37,40-41,49-50,52H,18-23,26,28-32H2,1-3H3. The molecule has 0 saturated heterocycles. The molecule has 54 heavy (non-hydrogen) atoms. The third-order valence-electron chi connectivity index (χ3n) is 14.9. The van der Waals surface area contributed by atoms with E-state index in [1.165, 1.54) is 0 Å². The number of nitrogens with zero attached hydrogens (tertiary/aromatic N) is 1. The van der Waals surface area contributed by atoms with Crippen LogP contribution in [0.5, 0.6) is 5.75 Å². The molecule has 3 fully saturated rings. The zero-order valence-corrected chi connectivity index (χ0v) is 32.1. The summed E-state index contributed by atoms with van der Waals surface area (Å²) in [5.41, 5.74) is 1.12. The van der Waals surface area contributed by atoms with E-state index >= 15 is 0 Å². The number of fused-ring (bicyclic) bond motifs is 1. The fourth-order valence-electron chi connectivity index (χ4n) is 12.1. The normalized spacial score (nSPS) is 35.5. The maximum Gasteiger partial charge on any atom is 0.189 e. The average molecular weight is 732 g/mol. The zero-order chi connectivity index (χ0) is 37.8. The number of allylic oxidation sites excluding steroid dienone is 4. The van der Waals surface area contributed by atoms with E-state index in [0.29, 0.717) is 50.4 Å². The van der Waals surface area contributed by atoms with Crippen molar-refractivity contribution >= 4 is 5.78 Å². The van der Waals surface area contributed by atoms with Gasteiger partial charge in [0.25, 0.3) is 0 Å². The third-order valence-corrected chi connectivity index (χ3v) is 14.9. The number of hydrogen-bond acceptors (Lipinski definition) is 7. The molecule has 9 unspecified atom stereocenters. The number of ketones is 1. The van der Waals surface area contributed by atoms with E-state index in [-0.39, 0.29) is 35.1 Å². The summed E-state index contributed by atoms with van der Waals surface area (Å²) in [6.07, 6.45) is 11.4. The van der Waals surface area contributed by atoms with Gasteiger partial charge in [0.15, 0.2) is 5.78 Å². The molecule has 0 radical (unpaired) electrons. The van der Waals surface area contributed by atoms with Crippen LogP contribution in [0, 0.1) is 33.5 Å². The summed E-state index contributed by atoms with van der Waals surface area (Å²) in [5.74, 6) is 1.01. The first-order chi connectivity index (χ1) is 26.0. The van der Waals surface area contributed by atoms with Crippen LogP contribution in [0.15, 0.2) is 109 Å². The second kappa shape index (κ2) is 14.2. The summed E-state index contributed by atoms with van der Waals surface area (Å²) in [7, 11) is 1.63. The first kappa shape index (κ1) is 37.3. The van der Waals surface area contributed by atoms with Crippen LogP contribution in [-0.2, 0) is 17.9 Å². The van der Waals surface area contributed by atoms with Gasteiger partial charge in [0, 0.05) is 47.0 Å². The highest BCUT2D eigenvalue weighted by molar-refractivity contribution is 6.10. The maximum absolute atomic E-state index is 14.9. The topological polar surface area (TPSA) is 99.5 Å². The lowest BCUT2D eigenvalue weighted by Crippen LogP contribution is -2.67. The Bertz CT molecular complexity index is 1880. The number of aliphatic hydroxyl groups excluding tert-OH is 2. The quantitative estimate of drug-likeness (QED) is 0.123. The lowest BCUT2D eigenvalue weighted by atomic mass is 9.32. The van der Waals surface area contributed by atoms with Crippen LogP contribution in [0.25, 0.3) is 0 Å². The van der Waals surface area contributed by atoms with Crippen molar-refractivity contribution in [2.75, 3.05) is 26.8 Å². The van der Waals surface area contributed by atoms with E-state index in [2.05, 4.69) is 49.1 Å². The molecule has 0 aliphatic heterocycles. The maximum atomic E-state index is 14.9. The summed E-state index contributed by atoms with van der Waals surface area (Å²) >= 11 is 0. The van der Waals surface area contributed by atoms with Crippen LogP contribution in [-0.4, -0.2) is 70.6 Å². The summed E-state index contributed by atoms with van der Waals surface area (Å²) in [6.45, 7) is 6.70. The summed E-state index contributed by atoms with van der Waals surface area (Å²) in [4.78, 5) is 17.1. The average Bonchev–Trinajstić information content (AvgIpc) is 3.44. The predicted molar refractivity (Wildman–Crippen MR) is 210 cm³/mol. The zero-order valence-electron chi connectivity index (χ0n) is 32.1. The highest BCUT2D eigenvalue weighted by Gasteiger charge is 2.74. The van der Waals surface area contributed by atoms with Gasteiger partial charge in [0.2, 0.25) is 0 Å². The van der Waals surface area contributed by atoms with Crippen LogP contribution < -0.4 is 4.74 Å². The minimum absolute atomic E-state index is 0.0394. The van der Waals surface area contributed by atoms with Crippen molar-refractivity contribution in [2.24, 2.45) is 33.5 Å². The van der Waals surface area contributed by atoms with E-state index in [9.17, 15) is 20.1 Å². The molecule has 3 aromatic rings. The molecular weight excluding hydrogens is 675 g/mol. The van der Waals surface area contributed by atoms with Crippen molar-refractivity contribution in [3.8, 4) is 5.75 Å². The van der Waals surface area contributed by atoms with Gasteiger partial charge in [-0.25, -0.2) is 0 Å². The molecule has 9 atom stereocenters. The second-order valence-electron chi connectivity index (χ2n) is 17.7. The molecule has 0 aromatic heterocycles. The van der Waals surface area contributed by atoms with Gasteiger partial charge in [-0.05, 0) is 97.6 Å². The molecule has 7 nitrogen and oxygen atoms in total. The smallest absolute Gasteiger partial charge is 0.189 e. The van der Waals surface area contributed by atoms with Crippen LogP contribution in [0.1, 0.15) is 80.3 Å². The van der Waals surface area contributed by atoms with Gasteiger partial charge in [0.05, 0.1) is 38.1 Å². The number of benzene rings is 3. The van der Waals surface area contributed by atoms with Gasteiger partial charge >= 0.3 is 0 Å². The van der Waals surface area contributed by atoms with Crippen molar-refractivity contribution in [1.29, 1.82) is 0 Å². The SMILES string of the molecule is COc1ccc(C(=O)C2=CC34C=CC25C(CCC2(C)C5CCC2(O)CN(Cc2ccccc2)CC(O)COCc2ccccc2)C3(C)CCC(O)C4)cc1. The Morgan fingerprint density at radius 1 is 0.852 bits per heavy atom. The van der Waals surface area contributed by atoms with Gasteiger partial charge < -0.3 is 24.8 Å². The number of hydrogen-bond donors (Lipinski definition) is 3. The third kappa shape index (κ3) is 6.02. The molecule has 3 aromatic carbocycles. The lowest BCUT2D eigenvalue weighted by Gasteiger charge is -2.71. The van der Waals surface area contributed by atoms with Gasteiger partial charge in [-0.15, -0.1) is 0 Å². The predicted octanol–water partition coefficient (Wildman–Crippen LogP) is 7.55. The van der Waals surface area contributed by atoms with Crippen LogP contribution in [0.3, 0.4) is 0 Å². The highest BCUT2D eigenvalue weighted by Crippen LogP contribution is 2.78. The van der Waals surface area contributed by atoms with Crippen molar-refractivity contribution in [1.82, 2.24) is 4.90 Å². The number of carbonyl (C=O) groups is 1. The molecule has 286 valence electrons. The van der Waals surface area contributed by atoms with Crippen molar-refractivity contribution < 1.29 is 29.6 Å². The minimum atomic E-state index is -1.05. The van der Waals surface area contributed by atoms with Crippen LogP contribution in [0.2, 0.25) is 0 Å². The lowest BCUT2D eigenvalue weighted by molar-refractivity contribution is -0.177. The number of aliphatic hydroxyl groups is 3. The number of ether oxygens (including phenoxy) is 2. The Labute approximate surface area is 320 Å². The minimum Gasteiger partial charge on any atom is -0.497 e. The first-order valence-corrected chi connectivity index (χ1v) is 20.0. The van der Waals surface area contributed by atoms with E-state index in [1.807, 2.05) is 72.8 Å². The molecule has 0 heterocycles. The molecule has 9 rings (SSSR count). The largest absolute Gasteiger partial charge is 0.497 e. The molecule has 2 bridgehead atoms.